The topological polar surface area (TPSA) is 121 Å². The minimum absolute atomic E-state index is 0. The van der Waals surface area contributed by atoms with E-state index in [1.807, 2.05) is 13.8 Å². The summed E-state index contributed by atoms with van der Waals surface area (Å²) in [6.45, 7) is 9.52. The Morgan fingerprint density at radius 1 is 0.852 bits per heavy atom. The van der Waals surface area contributed by atoms with Crippen LogP contribution >= 0.6 is 12.4 Å². The summed E-state index contributed by atoms with van der Waals surface area (Å²) in [4.78, 5) is 34.9. The summed E-state index contributed by atoms with van der Waals surface area (Å²) in [5.74, 6) is -0.395. The largest absolute Gasteiger partial charge is 0.429 e. The van der Waals surface area contributed by atoms with E-state index in [1.165, 1.54) is 6.92 Å². The summed E-state index contributed by atoms with van der Waals surface area (Å²) in [5, 5.41) is 6.22. The first kappa shape index (κ1) is 27.4. The smallest absolute Gasteiger partial charge is 0.408 e. The van der Waals surface area contributed by atoms with Crippen LogP contribution in [0.1, 0.15) is 60.3 Å². The molecular formula is C16H34ClN5O5. The van der Waals surface area contributed by atoms with Gasteiger partial charge in [0.05, 0.1) is 0 Å². The van der Waals surface area contributed by atoms with Crippen LogP contribution in [0.4, 0.5) is 9.59 Å². The first-order valence-electron chi connectivity index (χ1n) is 9.02. The van der Waals surface area contributed by atoms with Gasteiger partial charge >= 0.3 is 12.2 Å². The lowest BCUT2D eigenvalue weighted by molar-refractivity contribution is -0.145. The molecule has 0 saturated heterocycles. The number of unbranched alkanes of at least 4 members (excludes halogenated alkanes) is 2. The van der Waals surface area contributed by atoms with E-state index in [2.05, 4.69) is 21.5 Å². The molecule has 4 N–H and O–H groups in total. The molecule has 0 spiro atoms. The van der Waals surface area contributed by atoms with Gasteiger partial charge < -0.3 is 20.1 Å². The van der Waals surface area contributed by atoms with Crippen molar-refractivity contribution in [3.63, 3.8) is 0 Å². The van der Waals surface area contributed by atoms with Gasteiger partial charge in [-0.2, -0.15) is 10.9 Å². The molecule has 0 heterocycles. The van der Waals surface area contributed by atoms with Crippen LogP contribution in [-0.4, -0.2) is 48.8 Å². The van der Waals surface area contributed by atoms with Crippen molar-refractivity contribution < 1.29 is 23.9 Å². The zero-order valence-corrected chi connectivity index (χ0v) is 17.6. The van der Waals surface area contributed by atoms with Gasteiger partial charge in [-0.05, 0) is 26.7 Å². The Kier molecular flexibility index (Phi) is 16.7. The van der Waals surface area contributed by atoms with Gasteiger partial charge in [-0.15, -0.1) is 12.4 Å². The second-order valence-corrected chi connectivity index (χ2v) is 5.77. The van der Waals surface area contributed by atoms with Gasteiger partial charge in [0.15, 0.2) is 12.5 Å². The molecule has 0 saturated carbocycles. The zero-order valence-electron chi connectivity index (χ0n) is 16.8. The number of nitrogens with zero attached hydrogens (tertiary/aromatic N) is 1. The van der Waals surface area contributed by atoms with Gasteiger partial charge in [0.25, 0.3) is 0 Å². The van der Waals surface area contributed by atoms with Gasteiger partial charge in [-0.1, -0.05) is 26.7 Å². The fourth-order valence-electron chi connectivity index (χ4n) is 1.77. The summed E-state index contributed by atoms with van der Waals surface area (Å²) >= 11 is 0. The summed E-state index contributed by atoms with van der Waals surface area (Å²) < 4.78 is 10.2. The molecule has 0 rings (SSSR count). The van der Waals surface area contributed by atoms with Crippen LogP contribution in [0.25, 0.3) is 0 Å². The van der Waals surface area contributed by atoms with Crippen LogP contribution in [0.5, 0.6) is 0 Å². The molecule has 0 aliphatic heterocycles. The number of hydrazine groups is 2. The van der Waals surface area contributed by atoms with Crippen LogP contribution in [-0.2, 0) is 14.3 Å². The molecule has 0 aliphatic rings. The number of nitrogens with one attached hydrogen (secondary N) is 4. The third kappa shape index (κ3) is 15.0. The number of hydrogen-bond acceptors (Lipinski definition) is 7. The predicted molar refractivity (Wildman–Crippen MR) is 104 cm³/mol. The van der Waals surface area contributed by atoms with Gasteiger partial charge in [0.1, 0.15) is 0 Å². The van der Waals surface area contributed by atoms with Gasteiger partial charge in [0, 0.05) is 20.0 Å². The first-order chi connectivity index (χ1) is 12.3. The fourth-order valence-corrected chi connectivity index (χ4v) is 1.77. The molecule has 0 radical (unpaired) electrons. The molecule has 0 aromatic heterocycles. The Morgan fingerprint density at radius 2 is 1.22 bits per heavy atom. The number of carbonyl (C=O) groups excluding carboxylic acids is 3. The molecule has 0 fully saturated rings. The minimum Gasteiger partial charge on any atom is -0.429 e. The minimum atomic E-state index is -0.779. The Morgan fingerprint density at radius 3 is 1.52 bits per heavy atom. The Labute approximate surface area is 167 Å². The number of rotatable bonds is 12. The van der Waals surface area contributed by atoms with Crippen molar-refractivity contribution in [2.24, 2.45) is 0 Å². The van der Waals surface area contributed by atoms with Gasteiger partial charge in [-0.25, -0.2) is 14.7 Å². The van der Waals surface area contributed by atoms with E-state index in [9.17, 15) is 14.4 Å². The molecule has 27 heavy (non-hydrogen) atoms. The second-order valence-electron chi connectivity index (χ2n) is 5.77. The maximum atomic E-state index is 11.7. The highest BCUT2D eigenvalue weighted by Gasteiger charge is 2.19. The lowest BCUT2D eigenvalue weighted by Crippen LogP contribution is -2.58. The third-order valence-corrected chi connectivity index (χ3v) is 3.10. The van der Waals surface area contributed by atoms with Crippen LogP contribution in [0, 0.1) is 0 Å². The van der Waals surface area contributed by atoms with E-state index in [-0.39, 0.29) is 12.4 Å². The van der Waals surface area contributed by atoms with Crippen LogP contribution in [0.3, 0.4) is 0 Å². The van der Waals surface area contributed by atoms with E-state index in [0.29, 0.717) is 13.1 Å². The average molecular weight is 412 g/mol. The average Bonchev–Trinajstić information content (AvgIpc) is 2.54. The van der Waals surface area contributed by atoms with Crippen molar-refractivity contribution in [3.8, 4) is 0 Å². The quantitative estimate of drug-likeness (QED) is 0.220. The number of hydrogen-bond donors (Lipinski definition) is 4. The number of halogens is 1. The number of amides is 3. The standard InChI is InChI=1S/C16H33N5O5.ClH/c1-6-8-10-17-15(23)25-12(3)19-21(14(5)22)20-13(4)26-16(24)18-11-9-7-2;/h12-13,19-20H,6-11H2,1-5H3,(H,17,23)(H,18,24);1H. The Bertz CT molecular complexity index is 409. The second kappa shape index (κ2) is 16.4. The van der Waals surface area contributed by atoms with Gasteiger partial charge in [-0.3, -0.25) is 4.79 Å². The molecule has 2 unspecified atom stereocenters. The van der Waals surface area contributed by atoms with E-state index < -0.39 is 30.5 Å². The van der Waals surface area contributed by atoms with Crippen LogP contribution in [0.15, 0.2) is 0 Å². The monoisotopic (exact) mass is 411 g/mol. The maximum Gasteiger partial charge on any atom is 0.408 e. The molecule has 0 aliphatic carbocycles. The Balaban J connectivity index is 0. The van der Waals surface area contributed by atoms with E-state index in [4.69, 9.17) is 9.47 Å². The normalized spacial score (nSPS) is 12.2. The third-order valence-electron chi connectivity index (χ3n) is 3.10. The number of ether oxygens (including phenoxy) is 2. The summed E-state index contributed by atoms with van der Waals surface area (Å²) in [6.07, 6.45) is 0.904. The lowest BCUT2D eigenvalue weighted by atomic mass is 10.3. The van der Waals surface area contributed by atoms with E-state index in [0.717, 1.165) is 30.8 Å². The molecule has 160 valence electrons. The summed E-state index contributed by atoms with van der Waals surface area (Å²) in [5.41, 5.74) is 5.34. The maximum absolute atomic E-state index is 11.7. The SMILES string of the molecule is CCCCNC(=O)OC(C)NN(NC(C)OC(=O)NCCCC)C(C)=O.Cl. The van der Waals surface area contributed by atoms with Crippen molar-refractivity contribution in [2.45, 2.75) is 72.8 Å². The molecule has 11 heteroatoms. The fraction of sp³-hybridized carbons (Fsp3) is 0.812. The first-order valence-corrected chi connectivity index (χ1v) is 9.02. The summed E-state index contributed by atoms with van der Waals surface area (Å²) in [7, 11) is 0. The predicted octanol–water partition coefficient (Wildman–Crippen LogP) is 2.01. The Hall–Kier alpha value is -1.78. The number of alkyl carbamates (subject to hydrolysis) is 2. The molecule has 0 bridgehead atoms. The molecule has 3 amide bonds. The highest BCUT2D eigenvalue weighted by atomic mass is 35.5. The molecule has 0 aromatic rings. The molecule has 10 nitrogen and oxygen atoms in total. The summed E-state index contributed by atoms with van der Waals surface area (Å²) in [6, 6.07) is 0. The van der Waals surface area contributed by atoms with E-state index >= 15 is 0 Å². The molecule has 2 atom stereocenters. The van der Waals surface area contributed by atoms with Crippen molar-refractivity contribution in [1.29, 1.82) is 0 Å². The molecule has 0 aromatic carbocycles. The van der Waals surface area contributed by atoms with Crippen LogP contribution < -0.4 is 21.5 Å². The van der Waals surface area contributed by atoms with Crippen LogP contribution in [0.2, 0.25) is 0 Å². The number of carbonyl (C=O) groups is 3. The highest BCUT2D eigenvalue weighted by Crippen LogP contribution is 1.95. The van der Waals surface area contributed by atoms with Crippen molar-refractivity contribution >= 4 is 30.5 Å². The van der Waals surface area contributed by atoms with Crippen molar-refractivity contribution in [3.05, 3.63) is 0 Å². The van der Waals surface area contributed by atoms with Gasteiger partial charge in [0.2, 0.25) is 5.91 Å². The highest BCUT2D eigenvalue weighted by molar-refractivity contribution is 5.85. The zero-order chi connectivity index (χ0) is 19.9. The molecular weight excluding hydrogens is 378 g/mol. The van der Waals surface area contributed by atoms with Crippen molar-refractivity contribution in [1.82, 2.24) is 26.6 Å². The van der Waals surface area contributed by atoms with Crippen molar-refractivity contribution in [2.75, 3.05) is 13.1 Å². The van der Waals surface area contributed by atoms with E-state index in [1.54, 1.807) is 13.8 Å². The lowest BCUT2D eigenvalue weighted by Gasteiger charge is -2.28.